The van der Waals surface area contributed by atoms with Gasteiger partial charge in [0.1, 0.15) is 11.8 Å². The molecule has 0 aliphatic carbocycles. The summed E-state index contributed by atoms with van der Waals surface area (Å²) in [6, 6.07) is 5.27. The standard InChI is InChI=1S/C16H26N2O3/c1-5-11(3)17-16(20)12(4)18-14-7-8-15(21-6-2)13(9-14)10-19/h7-9,11-12,18-19H,5-6,10H2,1-4H3,(H,17,20). The first-order valence-corrected chi connectivity index (χ1v) is 7.45. The molecule has 0 aromatic heterocycles. The van der Waals surface area contributed by atoms with Crippen LogP contribution in [0.15, 0.2) is 18.2 Å². The summed E-state index contributed by atoms with van der Waals surface area (Å²) in [4.78, 5) is 12.0. The predicted octanol–water partition coefficient (Wildman–Crippen LogP) is 2.29. The Bertz CT molecular complexity index is 463. The van der Waals surface area contributed by atoms with Crippen LogP contribution in [-0.2, 0) is 11.4 Å². The van der Waals surface area contributed by atoms with Gasteiger partial charge in [-0.15, -0.1) is 0 Å². The van der Waals surface area contributed by atoms with Crippen molar-refractivity contribution in [3.8, 4) is 5.75 Å². The van der Waals surface area contributed by atoms with E-state index in [9.17, 15) is 9.90 Å². The summed E-state index contributed by atoms with van der Waals surface area (Å²) in [5, 5.41) is 15.4. The number of ether oxygens (including phenoxy) is 1. The highest BCUT2D eigenvalue weighted by atomic mass is 16.5. The molecule has 1 amide bonds. The van der Waals surface area contributed by atoms with Gasteiger partial charge in [-0.1, -0.05) is 6.92 Å². The van der Waals surface area contributed by atoms with Gasteiger partial charge in [-0.25, -0.2) is 0 Å². The number of aliphatic hydroxyl groups is 1. The zero-order chi connectivity index (χ0) is 15.8. The Labute approximate surface area is 126 Å². The van der Waals surface area contributed by atoms with Crippen LogP contribution in [0.1, 0.15) is 39.7 Å². The lowest BCUT2D eigenvalue weighted by molar-refractivity contribution is -0.122. The van der Waals surface area contributed by atoms with E-state index in [0.29, 0.717) is 17.9 Å². The molecule has 0 bridgehead atoms. The summed E-state index contributed by atoms with van der Waals surface area (Å²) in [5.41, 5.74) is 1.49. The Hall–Kier alpha value is -1.75. The minimum Gasteiger partial charge on any atom is -0.494 e. The zero-order valence-electron chi connectivity index (χ0n) is 13.3. The van der Waals surface area contributed by atoms with Gasteiger partial charge in [-0.05, 0) is 45.4 Å². The van der Waals surface area contributed by atoms with Crippen LogP contribution < -0.4 is 15.4 Å². The molecule has 0 aliphatic rings. The highest BCUT2D eigenvalue weighted by Gasteiger charge is 2.15. The number of rotatable bonds is 8. The van der Waals surface area contributed by atoms with Crippen LogP contribution in [0.4, 0.5) is 5.69 Å². The molecule has 0 saturated carbocycles. The summed E-state index contributed by atoms with van der Waals surface area (Å²) < 4.78 is 5.44. The lowest BCUT2D eigenvalue weighted by atomic mass is 10.1. The first-order valence-electron chi connectivity index (χ1n) is 7.45. The molecule has 3 N–H and O–H groups in total. The molecule has 0 aliphatic heterocycles. The van der Waals surface area contributed by atoms with Gasteiger partial charge in [0.2, 0.25) is 5.91 Å². The van der Waals surface area contributed by atoms with E-state index in [4.69, 9.17) is 4.74 Å². The predicted molar refractivity (Wildman–Crippen MR) is 84.5 cm³/mol. The number of amides is 1. The lowest BCUT2D eigenvalue weighted by Crippen LogP contribution is -2.41. The topological polar surface area (TPSA) is 70.6 Å². The van der Waals surface area contributed by atoms with E-state index in [1.54, 1.807) is 12.1 Å². The summed E-state index contributed by atoms with van der Waals surface area (Å²) >= 11 is 0. The van der Waals surface area contributed by atoms with Crippen molar-refractivity contribution in [2.75, 3.05) is 11.9 Å². The van der Waals surface area contributed by atoms with Gasteiger partial charge in [-0.3, -0.25) is 4.79 Å². The first kappa shape index (κ1) is 17.3. The highest BCUT2D eigenvalue weighted by Crippen LogP contribution is 2.23. The molecule has 5 heteroatoms. The van der Waals surface area contributed by atoms with Crippen LogP contribution in [0.25, 0.3) is 0 Å². The molecule has 0 fully saturated rings. The molecule has 0 radical (unpaired) electrons. The molecule has 0 saturated heterocycles. The molecule has 5 nitrogen and oxygen atoms in total. The van der Waals surface area contributed by atoms with Crippen molar-refractivity contribution in [1.82, 2.24) is 5.32 Å². The maximum Gasteiger partial charge on any atom is 0.242 e. The van der Waals surface area contributed by atoms with Gasteiger partial charge in [-0.2, -0.15) is 0 Å². The van der Waals surface area contributed by atoms with Gasteiger partial charge in [0.25, 0.3) is 0 Å². The van der Waals surface area contributed by atoms with E-state index in [2.05, 4.69) is 10.6 Å². The normalized spacial score (nSPS) is 13.4. The molecule has 1 rings (SSSR count). The summed E-state index contributed by atoms with van der Waals surface area (Å²) in [6.45, 7) is 8.17. The fourth-order valence-corrected chi connectivity index (χ4v) is 1.87. The van der Waals surface area contributed by atoms with Crippen LogP contribution >= 0.6 is 0 Å². The Balaban J connectivity index is 2.71. The average Bonchev–Trinajstić information content (AvgIpc) is 2.48. The van der Waals surface area contributed by atoms with E-state index in [1.165, 1.54) is 0 Å². The number of carbonyl (C=O) groups is 1. The Kier molecular flexibility index (Phi) is 7.02. The molecule has 1 aromatic carbocycles. The van der Waals surface area contributed by atoms with Crippen LogP contribution in [-0.4, -0.2) is 29.7 Å². The summed E-state index contributed by atoms with van der Waals surface area (Å²) in [7, 11) is 0. The molecule has 21 heavy (non-hydrogen) atoms. The third-order valence-electron chi connectivity index (χ3n) is 3.31. The molecule has 118 valence electrons. The fraction of sp³-hybridized carbons (Fsp3) is 0.562. The Morgan fingerprint density at radius 1 is 1.33 bits per heavy atom. The van der Waals surface area contributed by atoms with E-state index < -0.39 is 0 Å². The zero-order valence-corrected chi connectivity index (χ0v) is 13.3. The van der Waals surface area contributed by atoms with Gasteiger partial charge in [0.05, 0.1) is 13.2 Å². The largest absolute Gasteiger partial charge is 0.494 e. The van der Waals surface area contributed by atoms with Gasteiger partial charge < -0.3 is 20.5 Å². The Morgan fingerprint density at radius 3 is 2.62 bits per heavy atom. The van der Waals surface area contributed by atoms with Gasteiger partial charge in [0, 0.05) is 17.3 Å². The minimum atomic E-state index is -0.344. The maximum absolute atomic E-state index is 12.0. The molecule has 0 heterocycles. The molecule has 2 unspecified atom stereocenters. The first-order chi connectivity index (χ1) is 10.0. The smallest absolute Gasteiger partial charge is 0.242 e. The molecule has 1 aromatic rings. The number of carbonyl (C=O) groups excluding carboxylic acids is 1. The third-order valence-corrected chi connectivity index (χ3v) is 3.31. The van der Waals surface area contributed by atoms with Crippen LogP contribution in [0.3, 0.4) is 0 Å². The van der Waals surface area contributed by atoms with E-state index in [1.807, 2.05) is 33.8 Å². The second-order valence-corrected chi connectivity index (χ2v) is 5.10. The number of aliphatic hydroxyl groups excluding tert-OH is 1. The number of benzene rings is 1. The lowest BCUT2D eigenvalue weighted by Gasteiger charge is -2.19. The monoisotopic (exact) mass is 294 g/mol. The fourth-order valence-electron chi connectivity index (χ4n) is 1.87. The van der Waals surface area contributed by atoms with Crippen LogP contribution in [0.2, 0.25) is 0 Å². The SMILES string of the molecule is CCOc1ccc(NC(C)C(=O)NC(C)CC)cc1CO. The van der Waals surface area contributed by atoms with Crippen molar-refractivity contribution in [2.45, 2.75) is 52.8 Å². The van der Waals surface area contributed by atoms with Crippen molar-refractivity contribution in [3.05, 3.63) is 23.8 Å². The second-order valence-electron chi connectivity index (χ2n) is 5.10. The van der Waals surface area contributed by atoms with Crippen LogP contribution in [0.5, 0.6) is 5.75 Å². The van der Waals surface area contributed by atoms with Crippen molar-refractivity contribution >= 4 is 11.6 Å². The van der Waals surface area contributed by atoms with Crippen molar-refractivity contribution in [2.24, 2.45) is 0 Å². The van der Waals surface area contributed by atoms with Crippen molar-refractivity contribution in [3.63, 3.8) is 0 Å². The van der Waals surface area contributed by atoms with Crippen molar-refractivity contribution < 1.29 is 14.6 Å². The molecule has 0 spiro atoms. The summed E-state index contributed by atoms with van der Waals surface area (Å²) in [6.07, 6.45) is 0.899. The van der Waals surface area contributed by atoms with Gasteiger partial charge in [0.15, 0.2) is 0 Å². The number of hydrogen-bond donors (Lipinski definition) is 3. The highest BCUT2D eigenvalue weighted by molar-refractivity contribution is 5.84. The number of hydrogen-bond acceptors (Lipinski definition) is 4. The molecular weight excluding hydrogens is 268 g/mol. The molecular formula is C16H26N2O3. The van der Waals surface area contributed by atoms with Crippen LogP contribution in [0, 0.1) is 0 Å². The summed E-state index contributed by atoms with van der Waals surface area (Å²) in [5.74, 6) is 0.631. The van der Waals surface area contributed by atoms with E-state index in [-0.39, 0.29) is 24.6 Å². The number of nitrogens with one attached hydrogen (secondary N) is 2. The van der Waals surface area contributed by atoms with E-state index >= 15 is 0 Å². The van der Waals surface area contributed by atoms with Crippen molar-refractivity contribution in [1.29, 1.82) is 0 Å². The average molecular weight is 294 g/mol. The third kappa shape index (κ3) is 5.27. The second kappa shape index (κ2) is 8.52. The minimum absolute atomic E-state index is 0.0382. The Morgan fingerprint density at radius 2 is 2.05 bits per heavy atom. The van der Waals surface area contributed by atoms with Gasteiger partial charge >= 0.3 is 0 Å². The number of anilines is 1. The van der Waals surface area contributed by atoms with E-state index in [0.717, 1.165) is 12.1 Å². The quantitative estimate of drug-likeness (QED) is 0.688. The molecule has 2 atom stereocenters. The maximum atomic E-state index is 12.0.